The van der Waals surface area contributed by atoms with Gasteiger partial charge in [-0.2, -0.15) is 0 Å². The van der Waals surface area contributed by atoms with Gasteiger partial charge in [-0.3, -0.25) is 29.1 Å². The minimum absolute atomic E-state index is 0.0362. The fraction of sp³-hybridized carbons (Fsp3) is 0.226. The van der Waals surface area contributed by atoms with Gasteiger partial charge in [-0.1, -0.05) is 42.5 Å². The Kier molecular flexibility index (Phi) is 9.06. The Morgan fingerprint density at radius 2 is 1.84 bits per heavy atom. The van der Waals surface area contributed by atoms with Crippen LogP contribution < -0.4 is 20.5 Å². The first-order chi connectivity index (χ1) is 20.9. The van der Waals surface area contributed by atoms with Crippen LogP contribution in [0.2, 0.25) is 0 Å². The van der Waals surface area contributed by atoms with E-state index in [1.54, 1.807) is 29.4 Å². The topological polar surface area (TPSA) is 106 Å². The predicted molar refractivity (Wildman–Crippen MR) is 153 cm³/mol. The van der Waals surface area contributed by atoms with Crippen LogP contribution in [0.5, 0.6) is 5.75 Å². The Hall–Kier alpha value is -5.10. The average Bonchev–Trinajstić information content (AvgIpc) is 3.01. The highest BCUT2D eigenvalue weighted by molar-refractivity contribution is 5.99. The highest BCUT2D eigenvalue weighted by atomic mass is 19.1. The van der Waals surface area contributed by atoms with E-state index in [1.165, 1.54) is 28.9 Å². The molecule has 1 aliphatic rings. The van der Waals surface area contributed by atoms with Gasteiger partial charge in [-0.25, -0.2) is 8.78 Å². The van der Waals surface area contributed by atoms with E-state index in [9.17, 15) is 23.2 Å². The number of carbonyl (C=O) groups excluding carboxylic acids is 2. The number of pyridine rings is 2. The summed E-state index contributed by atoms with van der Waals surface area (Å²) in [5, 5.41) is 4.27. The number of benzene rings is 2. The minimum Gasteiger partial charge on any atom is -0.482 e. The van der Waals surface area contributed by atoms with E-state index in [-0.39, 0.29) is 62.1 Å². The first-order valence-corrected chi connectivity index (χ1v) is 13.5. The van der Waals surface area contributed by atoms with E-state index < -0.39 is 28.9 Å². The van der Waals surface area contributed by atoms with Gasteiger partial charge in [0.15, 0.2) is 11.4 Å². The van der Waals surface area contributed by atoms with Gasteiger partial charge in [0.05, 0.1) is 18.8 Å². The molecule has 0 aliphatic carbocycles. The third kappa shape index (κ3) is 6.70. The Balaban J connectivity index is 1.57. The van der Waals surface area contributed by atoms with Crippen LogP contribution in [-0.4, -0.2) is 53.3 Å². The lowest BCUT2D eigenvalue weighted by molar-refractivity contribution is 0.0616. The van der Waals surface area contributed by atoms with E-state index in [0.717, 1.165) is 11.6 Å². The lowest BCUT2D eigenvalue weighted by Crippen LogP contribution is -2.55. The van der Waals surface area contributed by atoms with Crippen molar-refractivity contribution in [1.29, 1.82) is 0 Å². The molecule has 0 saturated carbocycles. The summed E-state index contributed by atoms with van der Waals surface area (Å²) in [6, 6.07) is 17.5. The number of nitrogens with zero attached hydrogens (tertiary/aromatic N) is 4. The number of carbonyl (C=O) groups is 2. The van der Waals surface area contributed by atoms with E-state index in [0.29, 0.717) is 11.8 Å². The fourth-order valence-electron chi connectivity index (χ4n) is 4.62. The van der Waals surface area contributed by atoms with Crippen molar-refractivity contribution < 1.29 is 27.8 Å². The van der Waals surface area contributed by atoms with Gasteiger partial charge < -0.3 is 19.7 Å². The summed E-state index contributed by atoms with van der Waals surface area (Å²) < 4.78 is 40.2. The molecule has 0 saturated heterocycles. The van der Waals surface area contributed by atoms with Gasteiger partial charge in [0, 0.05) is 44.2 Å². The van der Waals surface area contributed by atoms with Crippen molar-refractivity contribution >= 4 is 11.8 Å². The van der Waals surface area contributed by atoms with Crippen molar-refractivity contribution in [3.63, 3.8) is 0 Å². The van der Waals surface area contributed by atoms with E-state index >= 15 is 0 Å². The zero-order chi connectivity index (χ0) is 30.3. The second-order valence-corrected chi connectivity index (χ2v) is 9.78. The summed E-state index contributed by atoms with van der Waals surface area (Å²) in [4.78, 5) is 46.9. The molecule has 0 spiro atoms. The Morgan fingerprint density at radius 3 is 2.56 bits per heavy atom. The molecule has 0 atom stereocenters. The minimum atomic E-state index is -0.836. The van der Waals surface area contributed by atoms with Crippen LogP contribution in [0.3, 0.4) is 0 Å². The van der Waals surface area contributed by atoms with Crippen molar-refractivity contribution in [2.75, 3.05) is 31.9 Å². The number of ether oxygens (including phenoxy) is 2. The van der Waals surface area contributed by atoms with Crippen molar-refractivity contribution in [2.24, 2.45) is 0 Å². The van der Waals surface area contributed by atoms with Crippen LogP contribution in [0.15, 0.2) is 83.9 Å². The molecule has 5 rings (SSSR count). The van der Waals surface area contributed by atoms with Crippen molar-refractivity contribution in [3.05, 3.63) is 129 Å². The largest absolute Gasteiger partial charge is 0.482 e. The number of fused-ring (bicyclic) bond motifs is 1. The van der Waals surface area contributed by atoms with Gasteiger partial charge in [0.1, 0.15) is 30.5 Å². The molecular weight excluding hydrogens is 560 g/mol. The molecule has 222 valence electrons. The van der Waals surface area contributed by atoms with Crippen LogP contribution in [0.25, 0.3) is 0 Å². The van der Waals surface area contributed by atoms with Crippen LogP contribution in [0, 0.1) is 11.6 Å². The molecule has 4 aromatic rings. The van der Waals surface area contributed by atoms with Gasteiger partial charge in [-0.05, 0) is 23.8 Å². The standard InChI is InChI=1S/C31H29F2N5O5/c1-42-14-13-36-20-37(17-24-9-5-6-12-34-24)38-18-25(30(40)35-16-22-10-11-23(32)15-26(22)33)28(39)29(27(38)31(36)41)43-19-21-7-3-2-4-8-21/h2-12,15,18H,13-14,16-17,19-20H2,1H3,(H,35,40). The van der Waals surface area contributed by atoms with Crippen LogP contribution >= 0.6 is 0 Å². The molecule has 0 bridgehead atoms. The molecule has 10 nitrogen and oxygen atoms in total. The molecule has 0 fully saturated rings. The SMILES string of the molecule is COCCN1CN(Cc2ccccn2)n2cc(C(=O)NCc3ccc(F)cc3F)c(=O)c(OCc3ccccc3)c2C1=O. The zero-order valence-corrected chi connectivity index (χ0v) is 23.3. The molecule has 0 radical (unpaired) electrons. The van der Waals surface area contributed by atoms with Crippen molar-refractivity contribution in [3.8, 4) is 5.75 Å². The zero-order valence-electron chi connectivity index (χ0n) is 23.3. The summed E-state index contributed by atoms with van der Waals surface area (Å²) in [7, 11) is 1.52. The maximum Gasteiger partial charge on any atom is 0.277 e. The lowest BCUT2D eigenvalue weighted by Gasteiger charge is -2.40. The van der Waals surface area contributed by atoms with Gasteiger partial charge in [-0.15, -0.1) is 0 Å². The van der Waals surface area contributed by atoms with Crippen molar-refractivity contribution in [1.82, 2.24) is 19.9 Å². The first-order valence-electron chi connectivity index (χ1n) is 13.5. The summed E-state index contributed by atoms with van der Waals surface area (Å²) >= 11 is 0. The summed E-state index contributed by atoms with van der Waals surface area (Å²) in [6.07, 6.45) is 2.92. The molecule has 2 aromatic carbocycles. The highest BCUT2D eigenvalue weighted by Crippen LogP contribution is 2.24. The van der Waals surface area contributed by atoms with E-state index in [1.807, 2.05) is 30.3 Å². The quantitative estimate of drug-likeness (QED) is 0.286. The molecule has 2 aromatic heterocycles. The number of aromatic nitrogens is 2. The molecule has 2 amide bonds. The number of hydrogen-bond donors (Lipinski definition) is 1. The summed E-state index contributed by atoms with van der Waals surface area (Å²) in [6.45, 7) is 0.496. The predicted octanol–water partition coefficient (Wildman–Crippen LogP) is 3.23. The number of amides is 2. The molecule has 43 heavy (non-hydrogen) atoms. The number of halogens is 2. The number of rotatable bonds is 11. The fourth-order valence-corrected chi connectivity index (χ4v) is 4.62. The second-order valence-electron chi connectivity index (χ2n) is 9.78. The van der Waals surface area contributed by atoms with Gasteiger partial charge in [0.2, 0.25) is 5.43 Å². The molecule has 0 unspecified atom stereocenters. The van der Waals surface area contributed by atoms with Crippen LogP contribution in [0.1, 0.15) is 37.7 Å². The number of hydrogen-bond acceptors (Lipinski definition) is 7. The third-order valence-corrected chi connectivity index (χ3v) is 6.84. The Bertz CT molecular complexity index is 1670. The molecule has 1 aliphatic heterocycles. The first kappa shape index (κ1) is 29.4. The monoisotopic (exact) mass is 589 g/mol. The average molecular weight is 590 g/mol. The molecule has 3 heterocycles. The lowest BCUT2D eigenvalue weighted by atomic mass is 10.1. The Morgan fingerprint density at radius 1 is 1.05 bits per heavy atom. The molecular formula is C31H29F2N5O5. The highest BCUT2D eigenvalue weighted by Gasteiger charge is 2.35. The second kappa shape index (κ2) is 13.3. The number of nitrogens with one attached hydrogen (secondary N) is 1. The maximum atomic E-state index is 14.2. The van der Waals surface area contributed by atoms with Gasteiger partial charge >= 0.3 is 0 Å². The van der Waals surface area contributed by atoms with E-state index in [4.69, 9.17) is 9.47 Å². The normalized spacial score (nSPS) is 12.7. The van der Waals surface area contributed by atoms with Crippen molar-refractivity contribution in [2.45, 2.75) is 19.7 Å². The Labute approximate surface area is 246 Å². The molecule has 1 N–H and O–H groups in total. The van der Waals surface area contributed by atoms with Crippen LogP contribution in [-0.2, 0) is 24.4 Å². The van der Waals surface area contributed by atoms with Gasteiger partial charge in [0.25, 0.3) is 11.8 Å². The summed E-state index contributed by atoms with van der Waals surface area (Å²) in [5.74, 6) is -3.19. The maximum absolute atomic E-state index is 14.2. The molecule has 12 heteroatoms. The third-order valence-electron chi connectivity index (χ3n) is 6.84. The smallest absolute Gasteiger partial charge is 0.277 e. The van der Waals surface area contributed by atoms with E-state index in [2.05, 4.69) is 10.3 Å². The summed E-state index contributed by atoms with van der Waals surface area (Å²) in [5.41, 5.74) is 0.275. The van der Waals surface area contributed by atoms with Crippen LogP contribution in [0.4, 0.5) is 8.78 Å². The number of methoxy groups -OCH3 is 1.